The Kier molecular flexibility index (Phi) is 9.40. The second-order valence-electron chi connectivity index (χ2n) is 7.93. The van der Waals surface area contributed by atoms with Crippen molar-refractivity contribution >= 4 is 33.3 Å². The molecule has 35 heavy (non-hydrogen) atoms. The number of nitrogens with two attached hydrogens (primary N) is 1. The quantitative estimate of drug-likeness (QED) is 0.300. The van der Waals surface area contributed by atoms with E-state index in [0.717, 1.165) is 18.2 Å². The van der Waals surface area contributed by atoms with Crippen molar-refractivity contribution in [2.75, 3.05) is 37.0 Å². The Hall–Kier alpha value is -3.22. The minimum absolute atomic E-state index is 0.0557. The number of nitrogens with zero attached hydrogens (tertiary/aromatic N) is 2. The molecule has 1 amide bonds. The van der Waals surface area contributed by atoms with E-state index in [0.29, 0.717) is 55.6 Å². The van der Waals surface area contributed by atoms with E-state index in [1.54, 1.807) is 24.3 Å². The fourth-order valence-electron chi connectivity index (χ4n) is 3.46. The van der Waals surface area contributed by atoms with Gasteiger partial charge in [0.1, 0.15) is 5.75 Å². The van der Waals surface area contributed by atoms with E-state index in [2.05, 4.69) is 31.9 Å². The molecule has 0 saturated carbocycles. The van der Waals surface area contributed by atoms with Gasteiger partial charge in [-0.1, -0.05) is 19.6 Å². The molecule has 1 aliphatic rings. The van der Waals surface area contributed by atoms with Crippen molar-refractivity contribution in [1.82, 2.24) is 14.7 Å². The zero-order valence-corrected chi connectivity index (χ0v) is 20.6. The Morgan fingerprint density at radius 2 is 2.06 bits per heavy atom. The molecule has 5 N–H and O–H groups in total. The van der Waals surface area contributed by atoms with E-state index in [4.69, 9.17) is 15.2 Å². The number of aromatic nitrogens is 2. The molecule has 0 radical (unpaired) electrons. The van der Waals surface area contributed by atoms with Crippen molar-refractivity contribution in [1.29, 1.82) is 0 Å². The highest BCUT2D eigenvalue weighted by molar-refractivity contribution is 7.92. The molecule has 11 nitrogen and oxygen atoms in total. The predicted molar refractivity (Wildman–Crippen MR) is 134 cm³/mol. The molecule has 3 rings (SSSR count). The maximum absolute atomic E-state index is 12.1. The van der Waals surface area contributed by atoms with E-state index in [9.17, 15) is 13.2 Å². The number of anilines is 3. The molecule has 0 unspecified atom stereocenters. The van der Waals surface area contributed by atoms with E-state index < -0.39 is 15.9 Å². The first-order valence-corrected chi connectivity index (χ1v) is 13.0. The minimum atomic E-state index is -3.45. The fraction of sp³-hybridized carbons (Fsp3) is 0.435. The minimum Gasteiger partial charge on any atom is -0.493 e. The summed E-state index contributed by atoms with van der Waals surface area (Å²) in [6.45, 7) is 7.10. The standard InChI is InChI=1S/C23H32N6O5S/c1-3-19-22(26-16-9-13-33-14-10-16)29-23(20(28-19)21(24)30)27-17-7-5-8-18(15-17)34-12-6-11-25-35(31,32)4-2/h4-5,7-8,15-16,25H,2-3,6,9-14H2,1H3,(H2,24,30)(H2,26,27,29). The molecular formula is C23H32N6O5S. The maximum Gasteiger partial charge on any atom is 0.271 e. The van der Waals surface area contributed by atoms with Gasteiger partial charge in [-0.25, -0.2) is 23.1 Å². The molecule has 0 aliphatic carbocycles. The third kappa shape index (κ3) is 7.91. The Labute approximate surface area is 205 Å². The van der Waals surface area contributed by atoms with Crippen molar-refractivity contribution in [3.63, 3.8) is 0 Å². The lowest BCUT2D eigenvalue weighted by Crippen LogP contribution is -2.29. The number of nitrogens with one attached hydrogen (secondary N) is 3. The van der Waals surface area contributed by atoms with Crippen LogP contribution in [0.25, 0.3) is 0 Å². The summed E-state index contributed by atoms with van der Waals surface area (Å²) in [7, 11) is -3.45. The van der Waals surface area contributed by atoms with Crippen molar-refractivity contribution in [3.05, 3.63) is 47.6 Å². The van der Waals surface area contributed by atoms with Crippen molar-refractivity contribution in [2.24, 2.45) is 5.73 Å². The van der Waals surface area contributed by atoms with Gasteiger partial charge in [0, 0.05) is 43.0 Å². The number of carbonyl (C=O) groups is 1. The summed E-state index contributed by atoms with van der Waals surface area (Å²) in [5.74, 6) is 0.754. The largest absolute Gasteiger partial charge is 0.493 e. The summed E-state index contributed by atoms with van der Waals surface area (Å²) in [5, 5.41) is 7.43. The summed E-state index contributed by atoms with van der Waals surface area (Å²) < 4.78 is 36.3. The summed E-state index contributed by atoms with van der Waals surface area (Å²) in [5.41, 5.74) is 6.95. The van der Waals surface area contributed by atoms with Crippen LogP contribution in [0.1, 0.15) is 42.4 Å². The van der Waals surface area contributed by atoms with Crippen LogP contribution in [0.2, 0.25) is 0 Å². The molecule has 0 bridgehead atoms. The van der Waals surface area contributed by atoms with Crippen molar-refractivity contribution < 1.29 is 22.7 Å². The third-order valence-electron chi connectivity index (χ3n) is 5.31. The number of sulfonamides is 1. The average molecular weight is 505 g/mol. The number of amides is 1. The SMILES string of the molecule is C=CS(=O)(=O)NCCCOc1cccc(Nc2nc(NC3CCOCC3)c(CC)nc2C(N)=O)c1. The maximum atomic E-state index is 12.1. The third-order valence-corrected chi connectivity index (χ3v) is 6.35. The Balaban J connectivity index is 1.71. The molecule has 1 aromatic carbocycles. The van der Waals surface area contributed by atoms with Crippen LogP contribution in [0.3, 0.4) is 0 Å². The highest BCUT2D eigenvalue weighted by atomic mass is 32.2. The number of aryl methyl sites for hydroxylation is 1. The Bertz CT molecular complexity index is 1140. The van der Waals surface area contributed by atoms with Crippen LogP contribution in [0.5, 0.6) is 5.75 Å². The van der Waals surface area contributed by atoms with Crippen LogP contribution in [0.4, 0.5) is 17.3 Å². The summed E-state index contributed by atoms with van der Waals surface area (Å²) in [6, 6.07) is 7.33. The number of rotatable bonds is 13. The second kappa shape index (κ2) is 12.5. The number of primary amides is 1. The smallest absolute Gasteiger partial charge is 0.271 e. The normalized spacial score (nSPS) is 14.3. The summed E-state index contributed by atoms with van der Waals surface area (Å²) in [6.07, 6.45) is 2.78. The van der Waals surface area contributed by atoms with E-state index in [1.165, 1.54) is 0 Å². The topological polar surface area (TPSA) is 158 Å². The predicted octanol–water partition coefficient (Wildman–Crippen LogP) is 2.30. The second-order valence-corrected chi connectivity index (χ2v) is 9.64. The van der Waals surface area contributed by atoms with Gasteiger partial charge >= 0.3 is 0 Å². The molecule has 190 valence electrons. The highest BCUT2D eigenvalue weighted by Crippen LogP contribution is 2.26. The number of hydrogen-bond acceptors (Lipinski definition) is 9. The Morgan fingerprint density at radius 1 is 1.29 bits per heavy atom. The zero-order valence-electron chi connectivity index (χ0n) is 19.7. The molecule has 2 aromatic rings. The van der Waals surface area contributed by atoms with Gasteiger partial charge in [0.05, 0.1) is 12.3 Å². The fourth-order valence-corrected chi connectivity index (χ4v) is 4.01. The van der Waals surface area contributed by atoms with Gasteiger partial charge in [0.15, 0.2) is 17.3 Å². The van der Waals surface area contributed by atoms with Gasteiger partial charge in [-0.2, -0.15) is 0 Å². The summed E-state index contributed by atoms with van der Waals surface area (Å²) in [4.78, 5) is 21.3. The molecule has 0 spiro atoms. The van der Waals surface area contributed by atoms with Crippen LogP contribution in [-0.2, 0) is 21.2 Å². The van der Waals surface area contributed by atoms with Crippen LogP contribution in [0.15, 0.2) is 36.3 Å². The summed E-state index contributed by atoms with van der Waals surface area (Å²) >= 11 is 0. The van der Waals surface area contributed by atoms with Crippen LogP contribution < -0.4 is 25.8 Å². The molecule has 12 heteroatoms. The number of ether oxygens (including phenoxy) is 2. The van der Waals surface area contributed by atoms with Crippen molar-refractivity contribution in [2.45, 2.75) is 38.6 Å². The van der Waals surface area contributed by atoms with Gasteiger partial charge in [-0.3, -0.25) is 4.79 Å². The van der Waals surface area contributed by atoms with Crippen molar-refractivity contribution in [3.8, 4) is 5.75 Å². The molecule has 0 atom stereocenters. The monoisotopic (exact) mass is 504 g/mol. The average Bonchev–Trinajstić information content (AvgIpc) is 2.84. The van der Waals surface area contributed by atoms with Crippen LogP contribution in [-0.4, -0.2) is 56.7 Å². The first-order valence-electron chi connectivity index (χ1n) is 11.5. The molecule has 2 heterocycles. The number of hydrogen-bond donors (Lipinski definition) is 4. The molecular weight excluding hydrogens is 472 g/mol. The van der Waals surface area contributed by atoms with Gasteiger partial charge in [-0.05, 0) is 37.8 Å². The van der Waals surface area contributed by atoms with E-state index in [-0.39, 0.29) is 24.1 Å². The zero-order chi connectivity index (χ0) is 25.3. The molecule has 1 aliphatic heterocycles. The van der Waals surface area contributed by atoms with Crippen LogP contribution >= 0.6 is 0 Å². The lowest BCUT2D eigenvalue weighted by atomic mass is 10.1. The molecule has 1 saturated heterocycles. The highest BCUT2D eigenvalue weighted by Gasteiger charge is 2.20. The van der Waals surface area contributed by atoms with Gasteiger partial charge in [0.25, 0.3) is 5.91 Å². The first-order chi connectivity index (χ1) is 16.8. The lowest BCUT2D eigenvalue weighted by Gasteiger charge is -2.25. The van der Waals surface area contributed by atoms with Gasteiger partial charge in [0.2, 0.25) is 10.0 Å². The van der Waals surface area contributed by atoms with Gasteiger partial charge < -0.3 is 25.8 Å². The lowest BCUT2D eigenvalue weighted by molar-refractivity contribution is 0.0903. The first kappa shape index (κ1) is 26.4. The van der Waals surface area contributed by atoms with Gasteiger partial charge in [-0.15, -0.1) is 0 Å². The van der Waals surface area contributed by atoms with Crippen LogP contribution in [0, 0.1) is 0 Å². The number of benzene rings is 1. The molecule has 1 aromatic heterocycles. The molecule has 1 fully saturated rings. The van der Waals surface area contributed by atoms with E-state index >= 15 is 0 Å². The Morgan fingerprint density at radius 3 is 2.74 bits per heavy atom. The number of carbonyl (C=O) groups excluding carboxylic acids is 1. The van der Waals surface area contributed by atoms with E-state index in [1.807, 2.05) is 6.92 Å².